The summed E-state index contributed by atoms with van der Waals surface area (Å²) in [4.78, 5) is 1.36. The predicted octanol–water partition coefficient (Wildman–Crippen LogP) is 3.58. The van der Waals surface area contributed by atoms with E-state index < -0.39 is 0 Å². The molecule has 0 spiro atoms. The van der Waals surface area contributed by atoms with Gasteiger partial charge in [-0.1, -0.05) is 0 Å². The van der Waals surface area contributed by atoms with Crippen molar-refractivity contribution in [1.29, 1.82) is 0 Å². The van der Waals surface area contributed by atoms with E-state index in [1.165, 1.54) is 37.0 Å². The summed E-state index contributed by atoms with van der Waals surface area (Å²) in [6.45, 7) is 0. The number of nitrogens with two attached hydrogens (primary N) is 1. The van der Waals surface area contributed by atoms with Crippen LogP contribution in [0.4, 0.5) is 5.00 Å². The van der Waals surface area contributed by atoms with E-state index in [1.807, 2.05) is 6.07 Å². The number of rotatable bonds is 1. The number of anilines is 1. The molecule has 1 aromatic heterocycles. The monoisotopic (exact) mass is 249 g/mol. The van der Waals surface area contributed by atoms with Gasteiger partial charge in [0.05, 0.1) is 0 Å². The second kappa shape index (κ2) is 3.41. The van der Waals surface area contributed by atoms with Gasteiger partial charge >= 0.3 is 0 Å². The van der Waals surface area contributed by atoms with Crippen molar-refractivity contribution >= 4 is 16.3 Å². The van der Waals surface area contributed by atoms with Crippen LogP contribution in [-0.2, 0) is 0 Å². The lowest BCUT2D eigenvalue weighted by Gasteiger charge is -2.54. The molecule has 1 aromatic rings. The topological polar surface area (TPSA) is 46.2 Å². The van der Waals surface area contributed by atoms with E-state index in [-0.39, 0.29) is 0 Å². The van der Waals surface area contributed by atoms with Crippen LogP contribution in [0.25, 0.3) is 0 Å². The van der Waals surface area contributed by atoms with E-state index in [4.69, 9.17) is 5.73 Å². The van der Waals surface area contributed by atoms with Gasteiger partial charge in [0.1, 0.15) is 10.8 Å². The molecule has 2 nitrogen and oxygen atoms in total. The van der Waals surface area contributed by atoms with Gasteiger partial charge in [-0.3, -0.25) is 0 Å². The maximum Gasteiger partial charge on any atom is 0.149 e. The van der Waals surface area contributed by atoms with E-state index in [0.29, 0.717) is 16.7 Å². The fraction of sp³-hybridized carbons (Fsp3) is 0.714. The third kappa shape index (κ3) is 1.44. The normalized spacial score (nSPS) is 43.2. The van der Waals surface area contributed by atoms with E-state index in [2.05, 4.69) is 0 Å². The highest BCUT2D eigenvalue weighted by Crippen LogP contribution is 2.61. The van der Waals surface area contributed by atoms with Crippen LogP contribution in [0, 0.1) is 23.7 Å². The summed E-state index contributed by atoms with van der Waals surface area (Å²) in [6.07, 6.45) is 7.20. The van der Waals surface area contributed by atoms with Gasteiger partial charge in [-0.25, -0.2) is 0 Å². The maximum atomic E-state index is 9.68. The molecule has 17 heavy (non-hydrogen) atoms. The van der Waals surface area contributed by atoms with Gasteiger partial charge in [0, 0.05) is 4.88 Å². The van der Waals surface area contributed by atoms with Crippen molar-refractivity contribution < 1.29 is 5.11 Å². The molecule has 0 aliphatic heterocycles. The molecular weight excluding hydrogens is 230 g/mol. The highest BCUT2D eigenvalue weighted by Gasteiger charge is 2.49. The molecule has 4 fully saturated rings. The van der Waals surface area contributed by atoms with Crippen molar-refractivity contribution in [3.63, 3.8) is 0 Å². The van der Waals surface area contributed by atoms with Crippen LogP contribution < -0.4 is 5.73 Å². The Bertz CT molecular complexity index is 406. The molecule has 5 rings (SSSR count). The SMILES string of the molecule is Nc1sc(C2C3CC4CC(C3)CC2C4)cc1O. The van der Waals surface area contributed by atoms with Crippen LogP contribution in [0.5, 0.6) is 5.75 Å². The summed E-state index contributed by atoms with van der Waals surface area (Å²) in [5.41, 5.74) is 5.80. The van der Waals surface area contributed by atoms with E-state index in [0.717, 1.165) is 23.7 Å². The molecule has 0 atom stereocenters. The van der Waals surface area contributed by atoms with Gasteiger partial charge in [0.15, 0.2) is 0 Å². The Morgan fingerprint density at radius 1 is 1.06 bits per heavy atom. The van der Waals surface area contributed by atoms with Crippen LogP contribution in [0.3, 0.4) is 0 Å². The van der Waals surface area contributed by atoms with Crippen molar-refractivity contribution in [2.75, 3.05) is 5.73 Å². The smallest absolute Gasteiger partial charge is 0.149 e. The predicted molar refractivity (Wildman–Crippen MR) is 70.2 cm³/mol. The van der Waals surface area contributed by atoms with Crippen molar-refractivity contribution in [2.24, 2.45) is 23.7 Å². The minimum Gasteiger partial charge on any atom is -0.505 e. The minimum absolute atomic E-state index is 0.304. The van der Waals surface area contributed by atoms with E-state index >= 15 is 0 Å². The maximum absolute atomic E-state index is 9.68. The number of thiophene rings is 1. The molecule has 4 saturated carbocycles. The van der Waals surface area contributed by atoms with Crippen molar-refractivity contribution in [1.82, 2.24) is 0 Å². The van der Waals surface area contributed by atoms with Gasteiger partial charge in [-0.15, -0.1) is 11.3 Å². The Kier molecular flexibility index (Phi) is 2.05. The minimum atomic E-state index is 0.304. The summed E-state index contributed by atoms with van der Waals surface area (Å²) >= 11 is 1.62. The Morgan fingerprint density at radius 3 is 2.12 bits per heavy atom. The van der Waals surface area contributed by atoms with Gasteiger partial charge in [-0.05, 0) is 67.8 Å². The zero-order valence-electron chi connectivity index (χ0n) is 9.93. The van der Waals surface area contributed by atoms with Crippen LogP contribution in [0.2, 0.25) is 0 Å². The van der Waals surface area contributed by atoms with Crippen molar-refractivity contribution in [2.45, 2.75) is 38.0 Å². The first-order chi connectivity index (χ1) is 8.20. The first kappa shape index (κ1) is 10.2. The largest absolute Gasteiger partial charge is 0.505 e. The molecule has 0 aromatic carbocycles. The van der Waals surface area contributed by atoms with Gasteiger partial charge in [0.25, 0.3) is 0 Å². The molecule has 4 bridgehead atoms. The molecule has 4 aliphatic carbocycles. The van der Waals surface area contributed by atoms with Crippen LogP contribution in [0.15, 0.2) is 6.07 Å². The summed E-state index contributed by atoms with van der Waals surface area (Å²) < 4.78 is 0. The molecule has 92 valence electrons. The molecule has 4 aliphatic rings. The molecule has 0 amide bonds. The number of hydrogen-bond donors (Lipinski definition) is 2. The second-order valence-corrected chi connectivity index (χ2v) is 7.47. The summed E-state index contributed by atoms with van der Waals surface area (Å²) in [5.74, 6) is 4.79. The van der Waals surface area contributed by atoms with E-state index in [9.17, 15) is 5.11 Å². The standard InChI is InChI=1S/C14H19NOS/c15-14-11(16)6-12(17-14)13-9-2-7-1-8(4-9)5-10(13)3-7/h6-10,13,16H,1-5,15H2. The first-order valence-corrected chi connectivity index (χ1v) is 7.60. The molecule has 0 saturated heterocycles. The molecule has 1 heterocycles. The van der Waals surface area contributed by atoms with Crippen LogP contribution >= 0.6 is 11.3 Å². The summed E-state index contributed by atoms with van der Waals surface area (Å²) in [6, 6.07) is 1.94. The number of aromatic hydroxyl groups is 1. The van der Waals surface area contributed by atoms with Crippen LogP contribution in [0.1, 0.15) is 42.9 Å². The molecule has 3 N–H and O–H groups in total. The number of hydrogen-bond acceptors (Lipinski definition) is 3. The van der Waals surface area contributed by atoms with Gasteiger partial charge < -0.3 is 10.8 Å². The third-order valence-corrected chi connectivity index (χ3v) is 6.37. The number of nitrogen functional groups attached to an aromatic ring is 1. The lowest BCUT2D eigenvalue weighted by atomic mass is 9.51. The van der Waals surface area contributed by atoms with Gasteiger partial charge in [0.2, 0.25) is 0 Å². The summed E-state index contributed by atoms with van der Waals surface area (Å²) in [5, 5.41) is 10.3. The average molecular weight is 249 g/mol. The quantitative estimate of drug-likeness (QED) is 0.799. The van der Waals surface area contributed by atoms with Crippen molar-refractivity contribution in [3.8, 4) is 5.75 Å². The average Bonchev–Trinajstić information content (AvgIpc) is 2.57. The third-order valence-electron chi connectivity index (χ3n) is 5.31. The lowest BCUT2D eigenvalue weighted by Crippen LogP contribution is -2.43. The Balaban J connectivity index is 1.70. The fourth-order valence-corrected chi connectivity index (χ4v) is 6.08. The van der Waals surface area contributed by atoms with Gasteiger partial charge in [-0.2, -0.15) is 0 Å². The summed E-state index contributed by atoms with van der Waals surface area (Å²) in [7, 11) is 0. The molecule has 3 heteroatoms. The first-order valence-electron chi connectivity index (χ1n) is 6.79. The van der Waals surface area contributed by atoms with Crippen molar-refractivity contribution in [3.05, 3.63) is 10.9 Å². The van der Waals surface area contributed by atoms with Crippen LogP contribution in [-0.4, -0.2) is 5.11 Å². The molecule has 0 unspecified atom stereocenters. The lowest BCUT2D eigenvalue weighted by molar-refractivity contribution is -0.00163. The Labute approximate surface area is 106 Å². The molecule has 0 radical (unpaired) electrons. The highest BCUT2D eigenvalue weighted by atomic mass is 32.1. The Hall–Kier alpha value is -0.700. The Morgan fingerprint density at radius 2 is 1.65 bits per heavy atom. The molecular formula is C14H19NOS. The zero-order chi connectivity index (χ0) is 11.6. The van der Waals surface area contributed by atoms with E-state index in [1.54, 1.807) is 11.3 Å². The zero-order valence-corrected chi connectivity index (χ0v) is 10.7. The second-order valence-electron chi connectivity index (χ2n) is 6.35. The highest BCUT2D eigenvalue weighted by molar-refractivity contribution is 7.16. The fourth-order valence-electron chi connectivity index (χ4n) is 4.97.